The standard InChI is InChI=1S/C8H7BrN2OS/c1-4-6(9)7(13-2)5(3-10)8(12)11-4/h1-2H3,(H,11,12). The molecule has 1 heterocycles. The van der Waals surface area contributed by atoms with Crippen molar-refractivity contribution < 1.29 is 0 Å². The van der Waals surface area contributed by atoms with Crippen LogP contribution in [0.15, 0.2) is 14.2 Å². The van der Waals surface area contributed by atoms with E-state index in [1.807, 2.05) is 12.3 Å². The molecule has 0 amide bonds. The first-order chi connectivity index (χ1) is 6.11. The molecule has 0 atom stereocenters. The van der Waals surface area contributed by atoms with Crippen LogP contribution in [0.25, 0.3) is 0 Å². The van der Waals surface area contributed by atoms with Crippen LogP contribution in [-0.4, -0.2) is 11.2 Å². The molecule has 0 radical (unpaired) electrons. The Morgan fingerprint density at radius 3 is 2.69 bits per heavy atom. The number of nitrogens with one attached hydrogen (secondary N) is 1. The summed E-state index contributed by atoms with van der Waals surface area (Å²) in [6, 6.07) is 1.89. The minimum Gasteiger partial charge on any atom is -0.324 e. The lowest BCUT2D eigenvalue weighted by atomic mass is 10.3. The van der Waals surface area contributed by atoms with Crippen molar-refractivity contribution in [3.8, 4) is 6.07 Å². The summed E-state index contributed by atoms with van der Waals surface area (Å²) in [5.74, 6) is 0. The summed E-state index contributed by atoms with van der Waals surface area (Å²) in [6.07, 6.45) is 1.83. The average Bonchev–Trinajstić information content (AvgIpc) is 2.10. The van der Waals surface area contributed by atoms with Crippen molar-refractivity contribution >= 4 is 27.7 Å². The van der Waals surface area contributed by atoms with Gasteiger partial charge in [0.25, 0.3) is 5.56 Å². The fourth-order valence-corrected chi connectivity index (χ4v) is 2.42. The SMILES string of the molecule is CSc1c(Br)c(C)[nH]c(=O)c1C#N. The third-order valence-corrected chi connectivity index (χ3v) is 3.67. The van der Waals surface area contributed by atoms with E-state index < -0.39 is 0 Å². The van der Waals surface area contributed by atoms with E-state index in [-0.39, 0.29) is 11.1 Å². The van der Waals surface area contributed by atoms with Crippen LogP contribution in [0.3, 0.4) is 0 Å². The van der Waals surface area contributed by atoms with E-state index >= 15 is 0 Å². The number of aromatic nitrogens is 1. The maximum Gasteiger partial charge on any atom is 0.267 e. The van der Waals surface area contributed by atoms with Crippen LogP contribution >= 0.6 is 27.7 Å². The van der Waals surface area contributed by atoms with E-state index in [1.165, 1.54) is 11.8 Å². The zero-order chi connectivity index (χ0) is 10.0. The van der Waals surface area contributed by atoms with Gasteiger partial charge in [0.05, 0.1) is 4.47 Å². The Kier molecular flexibility index (Phi) is 3.17. The Labute approximate surface area is 88.3 Å². The number of H-pyrrole nitrogens is 1. The molecule has 0 aliphatic rings. The Morgan fingerprint density at radius 2 is 2.23 bits per heavy atom. The predicted molar refractivity (Wildman–Crippen MR) is 56.0 cm³/mol. The molecule has 0 saturated carbocycles. The first kappa shape index (κ1) is 10.4. The van der Waals surface area contributed by atoms with Crippen LogP contribution in [0.1, 0.15) is 11.3 Å². The maximum absolute atomic E-state index is 11.3. The quantitative estimate of drug-likeness (QED) is 0.785. The van der Waals surface area contributed by atoms with Crippen LogP contribution in [0, 0.1) is 18.3 Å². The summed E-state index contributed by atoms with van der Waals surface area (Å²) >= 11 is 4.71. The number of aryl methyl sites for hydroxylation is 1. The largest absolute Gasteiger partial charge is 0.324 e. The van der Waals surface area contributed by atoms with Gasteiger partial charge >= 0.3 is 0 Å². The molecule has 0 bridgehead atoms. The molecule has 0 unspecified atom stereocenters. The molecule has 0 aromatic carbocycles. The summed E-state index contributed by atoms with van der Waals surface area (Å²) in [5, 5.41) is 8.74. The van der Waals surface area contributed by atoms with Crippen LogP contribution < -0.4 is 5.56 Å². The summed E-state index contributed by atoms with van der Waals surface area (Å²) in [6.45, 7) is 1.78. The summed E-state index contributed by atoms with van der Waals surface area (Å²) < 4.78 is 0.788. The number of thioether (sulfide) groups is 1. The Bertz CT molecular complexity index is 433. The highest BCUT2D eigenvalue weighted by Crippen LogP contribution is 2.28. The van der Waals surface area contributed by atoms with E-state index in [2.05, 4.69) is 20.9 Å². The Balaban J connectivity index is 3.63. The van der Waals surface area contributed by atoms with E-state index in [1.54, 1.807) is 6.92 Å². The van der Waals surface area contributed by atoms with Gasteiger partial charge in [-0.1, -0.05) is 0 Å². The van der Waals surface area contributed by atoms with Crippen molar-refractivity contribution in [3.63, 3.8) is 0 Å². The molecule has 0 aliphatic heterocycles. The number of nitriles is 1. The predicted octanol–water partition coefficient (Wildman–Crippen LogP) is 2.04. The maximum atomic E-state index is 11.3. The minimum absolute atomic E-state index is 0.171. The highest BCUT2D eigenvalue weighted by Gasteiger charge is 2.12. The lowest BCUT2D eigenvalue weighted by Gasteiger charge is -2.04. The summed E-state index contributed by atoms with van der Waals surface area (Å²) in [7, 11) is 0. The molecule has 0 fully saturated rings. The van der Waals surface area contributed by atoms with Gasteiger partial charge in [-0.2, -0.15) is 5.26 Å². The van der Waals surface area contributed by atoms with E-state index in [0.29, 0.717) is 4.90 Å². The van der Waals surface area contributed by atoms with Gasteiger partial charge in [0.2, 0.25) is 0 Å². The molecule has 5 heteroatoms. The molecule has 1 aromatic heterocycles. The molecule has 13 heavy (non-hydrogen) atoms. The minimum atomic E-state index is -0.326. The third-order valence-electron chi connectivity index (χ3n) is 1.60. The first-order valence-corrected chi connectivity index (χ1v) is 5.50. The van der Waals surface area contributed by atoms with Crippen molar-refractivity contribution in [1.82, 2.24) is 4.98 Å². The van der Waals surface area contributed by atoms with Crippen LogP contribution in [0.5, 0.6) is 0 Å². The smallest absolute Gasteiger partial charge is 0.267 e. The number of aromatic amines is 1. The molecular weight excluding hydrogens is 252 g/mol. The van der Waals surface area contributed by atoms with Gasteiger partial charge < -0.3 is 4.98 Å². The molecule has 1 aromatic rings. The number of halogens is 1. The Morgan fingerprint density at radius 1 is 1.62 bits per heavy atom. The normalized spacial score (nSPS) is 9.69. The topological polar surface area (TPSA) is 56.6 Å². The van der Waals surface area contributed by atoms with Crippen molar-refractivity contribution in [2.24, 2.45) is 0 Å². The van der Waals surface area contributed by atoms with Crippen molar-refractivity contribution in [1.29, 1.82) is 5.26 Å². The molecular formula is C8H7BrN2OS. The molecule has 1 rings (SSSR count). The van der Waals surface area contributed by atoms with Crippen molar-refractivity contribution in [3.05, 3.63) is 26.1 Å². The summed E-state index contributed by atoms with van der Waals surface area (Å²) in [4.78, 5) is 14.6. The fraction of sp³-hybridized carbons (Fsp3) is 0.250. The van der Waals surface area contributed by atoms with Crippen molar-refractivity contribution in [2.75, 3.05) is 6.26 Å². The number of pyridine rings is 1. The summed E-state index contributed by atoms with van der Waals surface area (Å²) in [5.41, 5.74) is 0.589. The van der Waals surface area contributed by atoms with Gasteiger partial charge in [0, 0.05) is 10.6 Å². The third kappa shape index (κ3) is 1.79. The van der Waals surface area contributed by atoms with E-state index in [4.69, 9.17) is 5.26 Å². The average molecular weight is 259 g/mol. The van der Waals surface area contributed by atoms with E-state index in [9.17, 15) is 4.79 Å². The number of rotatable bonds is 1. The van der Waals surface area contributed by atoms with Gasteiger partial charge in [-0.25, -0.2) is 0 Å². The van der Waals surface area contributed by atoms with Crippen molar-refractivity contribution in [2.45, 2.75) is 11.8 Å². The molecule has 0 spiro atoms. The second kappa shape index (κ2) is 3.99. The van der Waals surface area contributed by atoms with Gasteiger partial charge in [-0.15, -0.1) is 11.8 Å². The number of nitrogens with zero attached hydrogens (tertiary/aromatic N) is 1. The molecule has 68 valence electrons. The highest BCUT2D eigenvalue weighted by atomic mass is 79.9. The molecule has 3 nitrogen and oxygen atoms in total. The first-order valence-electron chi connectivity index (χ1n) is 3.48. The zero-order valence-corrected chi connectivity index (χ0v) is 9.54. The van der Waals surface area contributed by atoms with Gasteiger partial charge in [-0.05, 0) is 29.1 Å². The zero-order valence-electron chi connectivity index (χ0n) is 7.14. The molecule has 1 N–H and O–H groups in total. The Hall–Kier alpha value is -0.730. The second-order valence-corrected chi connectivity index (χ2v) is 4.02. The number of hydrogen-bond acceptors (Lipinski definition) is 3. The lowest BCUT2D eigenvalue weighted by Crippen LogP contribution is -2.13. The highest BCUT2D eigenvalue weighted by molar-refractivity contribution is 9.10. The van der Waals surface area contributed by atoms with Gasteiger partial charge in [-0.3, -0.25) is 4.79 Å². The molecule has 0 aliphatic carbocycles. The van der Waals surface area contributed by atoms with Crippen LogP contribution in [-0.2, 0) is 0 Å². The van der Waals surface area contributed by atoms with Crippen LogP contribution in [0.4, 0.5) is 0 Å². The molecule has 0 saturated heterocycles. The van der Waals surface area contributed by atoms with Gasteiger partial charge in [0.1, 0.15) is 11.6 Å². The monoisotopic (exact) mass is 258 g/mol. The van der Waals surface area contributed by atoms with Gasteiger partial charge in [0.15, 0.2) is 0 Å². The second-order valence-electron chi connectivity index (χ2n) is 2.41. The number of hydrogen-bond donors (Lipinski definition) is 1. The lowest BCUT2D eigenvalue weighted by molar-refractivity contribution is 1.06. The van der Waals surface area contributed by atoms with E-state index in [0.717, 1.165) is 10.2 Å². The fourth-order valence-electron chi connectivity index (χ4n) is 0.964. The van der Waals surface area contributed by atoms with Crippen LogP contribution in [0.2, 0.25) is 0 Å².